The fourth-order valence-electron chi connectivity index (χ4n) is 3.14. The standard InChI is InChI=1S/C21H26N2O3/c1-25-20-8-3-2-7-19(20)14-21(24)22-15-17-5-4-6-18(13-17)16-23-9-11-26-12-10-23/h2-8,13H,9-12,14-16H2,1H3,(H,22,24). The smallest absolute Gasteiger partial charge is 0.224 e. The molecule has 1 amide bonds. The van der Waals surface area contributed by atoms with Crippen molar-refractivity contribution in [1.29, 1.82) is 0 Å². The van der Waals surface area contributed by atoms with E-state index in [9.17, 15) is 4.79 Å². The van der Waals surface area contributed by atoms with Crippen LogP contribution in [0.4, 0.5) is 0 Å². The van der Waals surface area contributed by atoms with Crippen LogP contribution < -0.4 is 10.1 Å². The highest BCUT2D eigenvalue weighted by atomic mass is 16.5. The minimum atomic E-state index is -0.00641. The van der Waals surface area contributed by atoms with Crippen LogP contribution in [0.25, 0.3) is 0 Å². The highest BCUT2D eigenvalue weighted by Gasteiger charge is 2.11. The molecule has 1 saturated heterocycles. The molecular formula is C21H26N2O3. The van der Waals surface area contributed by atoms with Gasteiger partial charge in [-0.2, -0.15) is 0 Å². The van der Waals surface area contributed by atoms with Gasteiger partial charge in [0.1, 0.15) is 5.75 Å². The van der Waals surface area contributed by atoms with E-state index in [0.717, 1.165) is 49.7 Å². The first-order valence-corrected chi connectivity index (χ1v) is 9.01. The van der Waals surface area contributed by atoms with Crippen LogP contribution in [0, 0.1) is 0 Å². The molecule has 0 spiro atoms. The molecule has 0 atom stereocenters. The summed E-state index contributed by atoms with van der Waals surface area (Å²) < 4.78 is 10.7. The van der Waals surface area contributed by atoms with E-state index >= 15 is 0 Å². The Hall–Kier alpha value is -2.37. The maximum atomic E-state index is 12.3. The lowest BCUT2D eigenvalue weighted by molar-refractivity contribution is -0.120. The first-order valence-electron chi connectivity index (χ1n) is 9.01. The van der Waals surface area contributed by atoms with E-state index in [1.807, 2.05) is 30.3 Å². The number of ether oxygens (including phenoxy) is 2. The van der Waals surface area contributed by atoms with Crippen molar-refractivity contribution in [2.24, 2.45) is 0 Å². The second-order valence-electron chi connectivity index (χ2n) is 6.47. The van der Waals surface area contributed by atoms with Crippen molar-refractivity contribution in [2.75, 3.05) is 33.4 Å². The quantitative estimate of drug-likeness (QED) is 0.829. The van der Waals surface area contributed by atoms with Crippen molar-refractivity contribution in [3.05, 3.63) is 65.2 Å². The van der Waals surface area contributed by atoms with Crippen LogP contribution in [-0.2, 0) is 29.0 Å². The summed E-state index contributed by atoms with van der Waals surface area (Å²) in [6.45, 7) is 5.01. The summed E-state index contributed by atoms with van der Waals surface area (Å²) in [4.78, 5) is 14.7. The largest absolute Gasteiger partial charge is 0.496 e. The van der Waals surface area contributed by atoms with Gasteiger partial charge in [-0.3, -0.25) is 9.69 Å². The van der Waals surface area contributed by atoms with Gasteiger partial charge in [0.05, 0.1) is 26.7 Å². The van der Waals surface area contributed by atoms with Gasteiger partial charge in [-0.15, -0.1) is 0 Å². The molecule has 0 aromatic heterocycles. The molecule has 0 saturated carbocycles. The van der Waals surface area contributed by atoms with Crippen LogP contribution >= 0.6 is 0 Å². The average molecular weight is 354 g/mol. The zero-order valence-corrected chi connectivity index (χ0v) is 15.2. The van der Waals surface area contributed by atoms with Gasteiger partial charge < -0.3 is 14.8 Å². The van der Waals surface area contributed by atoms with Gasteiger partial charge in [0, 0.05) is 31.7 Å². The Balaban J connectivity index is 1.52. The molecule has 26 heavy (non-hydrogen) atoms. The molecule has 0 aliphatic carbocycles. The average Bonchev–Trinajstić information content (AvgIpc) is 2.68. The molecule has 1 heterocycles. The fourth-order valence-corrected chi connectivity index (χ4v) is 3.14. The number of carbonyl (C=O) groups excluding carboxylic acids is 1. The maximum Gasteiger partial charge on any atom is 0.224 e. The fraction of sp³-hybridized carbons (Fsp3) is 0.381. The first kappa shape index (κ1) is 18.4. The molecule has 5 nitrogen and oxygen atoms in total. The molecular weight excluding hydrogens is 328 g/mol. The predicted octanol–water partition coefficient (Wildman–Crippen LogP) is 2.39. The Kier molecular flexibility index (Phi) is 6.63. The number of hydrogen-bond acceptors (Lipinski definition) is 4. The second kappa shape index (κ2) is 9.36. The number of nitrogens with zero attached hydrogens (tertiary/aromatic N) is 1. The second-order valence-corrected chi connectivity index (χ2v) is 6.47. The zero-order valence-electron chi connectivity index (χ0n) is 15.2. The van der Waals surface area contributed by atoms with Crippen LogP contribution in [0.15, 0.2) is 48.5 Å². The third-order valence-electron chi connectivity index (χ3n) is 4.53. The summed E-state index contributed by atoms with van der Waals surface area (Å²) in [6, 6.07) is 16.0. The van der Waals surface area contributed by atoms with Crippen LogP contribution in [0.5, 0.6) is 5.75 Å². The van der Waals surface area contributed by atoms with Crippen LogP contribution in [0.3, 0.4) is 0 Å². The normalized spacial score (nSPS) is 14.8. The van der Waals surface area contributed by atoms with Crippen molar-refractivity contribution in [2.45, 2.75) is 19.5 Å². The summed E-state index contributed by atoms with van der Waals surface area (Å²) in [5.74, 6) is 0.739. The van der Waals surface area contributed by atoms with Crippen molar-refractivity contribution in [3.8, 4) is 5.75 Å². The third kappa shape index (κ3) is 5.31. The number of benzene rings is 2. The number of carbonyl (C=O) groups is 1. The zero-order chi connectivity index (χ0) is 18.2. The molecule has 0 unspecified atom stereocenters. The molecule has 1 N–H and O–H groups in total. The summed E-state index contributed by atoms with van der Waals surface area (Å²) in [5, 5.41) is 3.00. The Morgan fingerprint density at radius 2 is 1.88 bits per heavy atom. The predicted molar refractivity (Wildman–Crippen MR) is 101 cm³/mol. The van der Waals surface area contributed by atoms with Crippen LogP contribution in [0.2, 0.25) is 0 Å². The van der Waals surface area contributed by atoms with Crippen LogP contribution in [0.1, 0.15) is 16.7 Å². The molecule has 2 aromatic carbocycles. The third-order valence-corrected chi connectivity index (χ3v) is 4.53. The Bertz CT molecular complexity index is 727. The number of para-hydroxylation sites is 1. The Morgan fingerprint density at radius 1 is 1.12 bits per heavy atom. The topological polar surface area (TPSA) is 50.8 Å². The molecule has 0 bridgehead atoms. The molecule has 2 aromatic rings. The summed E-state index contributed by atoms with van der Waals surface area (Å²) in [5.41, 5.74) is 3.28. The molecule has 0 radical (unpaired) electrons. The Morgan fingerprint density at radius 3 is 2.69 bits per heavy atom. The van der Waals surface area contributed by atoms with Gasteiger partial charge in [-0.05, 0) is 17.2 Å². The Labute approximate surface area is 154 Å². The molecule has 1 aliphatic heterocycles. The van der Waals surface area contributed by atoms with E-state index in [0.29, 0.717) is 13.0 Å². The first-order chi connectivity index (χ1) is 12.7. The SMILES string of the molecule is COc1ccccc1CC(=O)NCc1cccc(CN2CCOCC2)c1. The molecule has 5 heteroatoms. The monoisotopic (exact) mass is 354 g/mol. The maximum absolute atomic E-state index is 12.3. The minimum absolute atomic E-state index is 0.00641. The van der Waals surface area contributed by atoms with E-state index in [-0.39, 0.29) is 5.91 Å². The highest BCUT2D eigenvalue weighted by molar-refractivity contribution is 5.79. The lowest BCUT2D eigenvalue weighted by Gasteiger charge is -2.26. The number of morpholine rings is 1. The summed E-state index contributed by atoms with van der Waals surface area (Å²) in [6.07, 6.45) is 0.317. The number of methoxy groups -OCH3 is 1. The summed E-state index contributed by atoms with van der Waals surface area (Å²) in [7, 11) is 1.62. The van der Waals surface area contributed by atoms with E-state index in [1.165, 1.54) is 5.56 Å². The molecule has 1 fully saturated rings. The van der Waals surface area contributed by atoms with Gasteiger partial charge in [0.25, 0.3) is 0 Å². The number of rotatable bonds is 7. The van der Waals surface area contributed by atoms with Gasteiger partial charge in [-0.25, -0.2) is 0 Å². The van der Waals surface area contributed by atoms with Gasteiger partial charge in [0.15, 0.2) is 0 Å². The van der Waals surface area contributed by atoms with Gasteiger partial charge in [0.2, 0.25) is 5.91 Å². The molecule has 138 valence electrons. The van der Waals surface area contributed by atoms with E-state index in [4.69, 9.17) is 9.47 Å². The van der Waals surface area contributed by atoms with Gasteiger partial charge >= 0.3 is 0 Å². The molecule has 1 aliphatic rings. The van der Waals surface area contributed by atoms with Gasteiger partial charge in [-0.1, -0.05) is 42.5 Å². The number of hydrogen-bond donors (Lipinski definition) is 1. The van der Waals surface area contributed by atoms with Crippen molar-refractivity contribution in [3.63, 3.8) is 0 Å². The summed E-state index contributed by atoms with van der Waals surface area (Å²) >= 11 is 0. The van der Waals surface area contributed by atoms with Crippen molar-refractivity contribution >= 4 is 5.91 Å². The van der Waals surface area contributed by atoms with E-state index < -0.39 is 0 Å². The lowest BCUT2D eigenvalue weighted by atomic mass is 10.1. The van der Waals surface area contributed by atoms with E-state index in [2.05, 4.69) is 28.4 Å². The highest BCUT2D eigenvalue weighted by Crippen LogP contribution is 2.17. The number of amides is 1. The van der Waals surface area contributed by atoms with Crippen molar-refractivity contribution in [1.82, 2.24) is 10.2 Å². The van der Waals surface area contributed by atoms with E-state index in [1.54, 1.807) is 7.11 Å². The van der Waals surface area contributed by atoms with Crippen molar-refractivity contribution < 1.29 is 14.3 Å². The lowest BCUT2D eigenvalue weighted by Crippen LogP contribution is -2.35. The molecule has 3 rings (SSSR count). The minimum Gasteiger partial charge on any atom is -0.496 e. The van der Waals surface area contributed by atoms with Crippen LogP contribution in [-0.4, -0.2) is 44.2 Å². The number of nitrogens with one attached hydrogen (secondary N) is 1.